The summed E-state index contributed by atoms with van der Waals surface area (Å²) in [6.07, 6.45) is 6.06. The second-order valence-corrected chi connectivity index (χ2v) is 14.6. The Balaban J connectivity index is 0.000000379. The zero-order valence-electron chi connectivity index (χ0n) is 32.7. The maximum atomic E-state index is 13.5. The van der Waals surface area contributed by atoms with Crippen LogP contribution in [0.25, 0.3) is 17.0 Å². The highest BCUT2D eigenvalue weighted by atomic mass is 35.5. The van der Waals surface area contributed by atoms with Crippen LogP contribution in [0.4, 0.5) is 0 Å². The number of carbonyl (C=O) groups is 2. The number of aromatic nitrogens is 1. The van der Waals surface area contributed by atoms with Crippen molar-refractivity contribution in [2.45, 2.75) is 50.0 Å². The number of nitrogens with one attached hydrogen (secondary N) is 1. The monoisotopic (exact) mass is 789 g/mol. The number of ether oxygens (including phenoxy) is 7. The SMILES string of the molecule is COC(=O)[C@H]1[C@H]2C[C@@H]3c4[nH]c5cc(OC)ccc5c4CCN3C[C@H]2C[C@@H](OC(=O)c2cc(OC)c(OC)c(OC)c2)[C@@H]1OC.Cl.NC1C=Cc2ccccc2C1. The molecule has 0 radical (unpaired) electrons. The van der Waals surface area contributed by atoms with Crippen LogP contribution in [-0.2, 0) is 31.8 Å². The number of carbonyl (C=O) groups excluding carboxylic acids is 2. The van der Waals surface area contributed by atoms with E-state index in [2.05, 4.69) is 52.4 Å². The first-order valence-corrected chi connectivity index (χ1v) is 18.8. The minimum Gasteiger partial charge on any atom is -0.497 e. The quantitative estimate of drug-likeness (QED) is 0.198. The van der Waals surface area contributed by atoms with Crippen molar-refractivity contribution in [2.75, 3.05) is 55.7 Å². The Kier molecular flexibility index (Phi) is 12.8. The number of nitrogens with zero attached hydrogens (tertiary/aromatic N) is 1. The van der Waals surface area contributed by atoms with Gasteiger partial charge in [0.15, 0.2) is 11.5 Å². The minimum atomic E-state index is -0.670. The maximum absolute atomic E-state index is 13.5. The van der Waals surface area contributed by atoms with Crippen LogP contribution in [0.5, 0.6) is 23.0 Å². The van der Waals surface area contributed by atoms with Crippen molar-refractivity contribution in [3.8, 4) is 23.0 Å². The fourth-order valence-electron chi connectivity index (χ4n) is 9.19. The number of aromatic amines is 1. The van der Waals surface area contributed by atoms with Crippen molar-refractivity contribution in [3.63, 3.8) is 0 Å². The van der Waals surface area contributed by atoms with Gasteiger partial charge in [0.1, 0.15) is 18.0 Å². The predicted octanol–water partition coefficient (Wildman–Crippen LogP) is 6.18. The lowest BCUT2D eigenvalue weighted by Crippen LogP contribution is -2.58. The van der Waals surface area contributed by atoms with Crippen LogP contribution in [0.1, 0.15) is 51.6 Å². The Morgan fingerprint density at radius 1 is 0.893 bits per heavy atom. The normalized spacial score (nSPS) is 24.7. The Hall–Kier alpha value is -4.75. The lowest BCUT2D eigenvalue weighted by atomic mass is 9.63. The van der Waals surface area contributed by atoms with E-state index in [0.29, 0.717) is 23.7 Å². The molecule has 0 bridgehead atoms. The number of hydrogen-bond acceptors (Lipinski definition) is 11. The molecule has 12 nitrogen and oxygen atoms in total. The molecule has 3 N–H and O–H groups in total. The molecular formula is C43H52ClN3O9. The first-order valence-electron chi connectivity index (χ1n) is 18.8. The van der Waals surface area contributed by atoms with Crippen molar-refractivity contribution in [1.29, 1.82) is 0 Å². The number of benzene rings is 3. The Bertz CT molecular complexity index is 2040. The van der Waals surface area contributed by atoms with Crippen LogP contribution in [-0.4, -0.2) is 95.8 Å². The summed E-state index contributed by atoms with van der Waals surface area (Å²) in [6.45, 7) is 1.68. The van der Waals surface area contributed by atoms with Crippen LogP contribution in [0.3, 0.4) is 0 Å². The van der Waals surface area contributed by atoms with Crippen LogP contribution in [0.15, 0.2) is 60.7 Å². The van der Waals surface area contributed by atoms with E-state index < -0.39 is 24.1 Å². The third-order valence-electron chi connectivity index (χ3n) is 11.8. The zero-order valence-corrected chi connectivity index (χ0v) is 33.6. The Morgan fingerprint density at radius 3 is 2.32 bits per heavy atom. The number of hydrogen-bond donors (Lipinski definition) is 2. The van der Waals surface area contributed by atoms with Gasteiger partial charge in [-0.15, -0.1) is 12.4 Å². The molecule has 56 heavy (non-hydrogen) atoms. The molecular weight excluding hydrogens is 738 g/mol. The zero-order chi connectivity index (χ0) is 38.8. The molecule has 3 heterocycles. The highest BCUT2D eigenvalue weighted by molar-refractivity contribution is 5.91. The number of H-pyrrole nitrogens is 1. The van der Waals surface area contributed by atoms with Gasteiger partial charge in [0.05, 0.1) is 53.1 Å². The van der Waals surface area contributed by atoms with Crippen LogP contribution in [0, 0.1) is 17.8 Å². The molecule has 7 atom stereocenters. The van der Waals surface area contributed by atoms with Crippen molar-refractivity contribution in [2.24, 2.45) is 23.5 Å². The molecule has 1 unspecified atom stereocenters. The summed E-state index contributed by atoms with van der Waals surface area (Å²) < 4.78 is 39.1. The topological polar surface area (TPSA) is 144 Å². The molecule has 2 fully saturated rings. The molecule has 13 heteroatoms. The first kappa shape index (κ1) is 40.9. The first-order chi connectivity index (χ1) is 26.7. The van der Waals surface area contributed by atoms with E-state index in [0.717, 1.165) is 43.6 Å². The smallest absolute Gasteiger partial charge is 0.338 e. The molecule has 1 aromatic heterocycles. The standard InChI is InChI=1S/C33H40N2O9.C10H11N.ClH/c1-38-19-7-8-20-21-9-10-35-16-18-13-27(44-32(36)17-11-25(39-2)30(41-4)26(12-17)40-3)31(42-5)28(33(37)43-6)22(18)15-24(35)29(21)34-23(20)14-19;11-10-6-5-8-3-1-2-4-9(8)7-10;/h7-8,11-12,14,18,22,24,27-28,31,34H,9-10,13,15-16H2,1-6H3;1-6,10H,7,11H2;1H/t18-,22+,24-,27-,28+,31+;;/m1../s1. The van der Waals surface area contributed by atoms with E-state index in [1.54, 1.807) is 26.4 Å². The molecule has 3 aromatic carbocycles. The lowest BCUT2D eigenvalue weighted by molar-refractivity contribution is -0.176. The predicted molar refractivity (Wildman–Crippen MR) is 215 cm³/mol. The summed E-state index contributed by atoms with van der Waals surface area (Å²) in [4.78, 5) is 33.1. The number of esters is 2. The summed E-state index contributed by atoms with van der Waals surface area (Å²) in [5.41, 5.74) is 12.3. The van der Waals surface area contributed by atoms with E-state index in [9.17, 15) is 9.59 Å². The summed E-state index contributed by atoms with van der Waals surface area (Å²) in [7, 11) is 9.10. The molecule has 0 amide bonds. The van der Waals surface area contributed by atoms with Gasteiger partial charge in [-0.25, -0.2) is 4.79 Å². The van der Waals surface area contributed by atoms with Crippen LogP contribution in [0.2, 0.25) is 0 Å². The summed E-state index contributed by atoms with van der Waals surface area (Å²) in [5, 5.41) is 1.21. The van der Waals surface area contributed by atoms with Gasteiger partial charge in [0.25, 0.3) is 0 Å². The van der Waals surface area contributed by atoms with Gasteiger partial charge >= 0.3 is 11.9 Å². The van der Waals surface area contributed by atoms with Crippen molar-refractivity contribution in [3.05, 3.63) is 88.6 Å². The van der Waals surface area contributed by atoms with Gasteiger partial charge < -0.3 is 43.9 Å². The van der Waals surface area contributed by atoms with Gasteiger partial charge in [0.2, 0.25) is 5.75 Å². The third kappa shape index (κ3) is 7.80. The Labute approximate surface area is 333 Å². The van der Waals surface area contributed by atoms with E-state index in [1.807, 2.05) is 12.1 Å². The van der Waals surface area contributed by atoms with Gasteiger partial charge in [-0.1, -0.05) is 36.4 Å². The van der Waals surface area contributed by atoms with Gasteiger partial charge in [-0.2, -0.15) is 0 Å². The van der Waals surface area contributed by atoms with Gasteiger partial charge in [0, 0.05) is 48.9 Å². The van der Waals surface area contributed by atoms with Crippen molar-refractivity contribution >= 4 is 41.3 Å². The second-order valence-electron chi connectivity index (χ2n) is 14.6. The van der Waals surface area contributed by atoms with E-state index >= 15 is 0 Å². The summed E-state index contributed by atoms with van der Waals surface area (Å²) >= 11 is 0. The molecule has 300 valence electrons. The van der Waals surface area contributed by atoms with Crippen LogP contribution >= 0.6 is 12.4 Å². The second kappa shape index (κ2) is 17.6. The van der Waals surface area contributed by atoms with Crippen molar-refractivity contribution < 1.29 is 42.7 Å². The van der Waals surface area contributed by atoms with Crippen molar-refractivity contribution in [1.82, 2.24) is 9.88 Å². The summed E-state index contributed by atoms with van der Waals surface area (Å²) in [6, 6.07) is 18.0. The molecule has 4 aromatic rings. The molecule has 1 saturated heterocycles. The molecule has 2 aliphatic heterocycles. The average molecular weight is 790 g/mol. The lowest BCUT2D eigenvalue weighted by Gasteiger charge is -2.52. The van der Waals surface area contributed by atoms with E-state index in [-0.39, 0.29) is 47.9 Å². The number of nitrogens with two attached hydrogens (primary N) is 1. The number of halogens is 1. The fraction of sp³-hybridized carbons (Fsp3) is 0.442. The van der Waals surface area contributed by atoms with Gasteiger partial charge in [-0.3, -0.25) is 9.69 Å². The number of piperidine rings is 1. The molecule has 4 aliphatic rings. The summed E-state index contributed by atoms with van der Waals surface area (Å²) in [5.74, 6) is 0.441. The minimum absolute atomic E-state index is 0. The Morgan fingerprint density at radius 2 is 1.64 bits per heavy atom. The third-order valence-corrected chi connectivity index (χ3v) is 11.8. The van der Waals surface area contributed by atoms with E-state index in [4.69, 9.17) is 38.9 Å². The largest absolute Gasteiger partial charge is 0.497 e. The van der Waals surface area contributed by atoms with Gasteiger partial charge in [-0.05, 0) is 78.5 Å². The van der Waals surface area contributed by atoms with E-state index in [1.165, 1.54) is 56.2 Å². The molecule has 0 spiro atoms. The maximum Gasteiger partial charge on any atom is 0.338 e. The molecule has 8 rings (SSSR count). The highest BCUT2D eigenvalue weighted by Crippen LogP contribution is 2.51. The number of methoxy groups -OCH3 is 6. The average Bonchev–Trinajstić information content (AvgIpc) is 3.60. The molecule has 2 aliphatic carbocycles. The number of rotatable bonds is 8. The fourth-order valence-corrected chi connectivity index (χ4v) is 9.19. The highest BCUT2D eigenvalue weighted by Gasteiger charge is 2.54. The number of fused-ring (bicyclic) bond motifs is 7. The van der Waals surface area contributed by atoms with Crippen LogP contribution < -0.4 is 24.7 Å². The molecule has 1 saturated carbocycles.